The molecule has 0 unspecified atom stereocenters. The van der Waals surface area contributed by atoms with Crippen LogP contribution < -0.4 is 10.2 Å². The molecular weight excluding hydrogens is 350 g/mol. The van der Waals surface area contributed by atoms with Crippen molar-refractivity contribution in [2.45, 2.75) is 19.4 Å². The molecule has 0 bridgehead atoms. The summed E-state index contributed by atoms with van der Waals surface area (Å²) < 4.78 is 5.18. The Kier molecular flexibility index (Phi) is 7.88. The maximum atomic E-state index is 12.4. The van der Waals surface area contributed by atoms with Gasteiger partial charge in [0.25, 0.3) is 5.91 Å². The van der Waals surface area contributed by atoms with Crippen molar-refractivity contribution in [2.75, 3.05) is 51.3 Å². The molecule has 2 aromatic rings. The second-order valence-corrected chi connectivity index (χ2v) is 7.22. The van der Waals surface area contributed by atoms with Crippen molar-refractivity contribution >= 4 is 11.6 Å². The van der Waals surface area contributed by atoms with Gasteiger partial charge in [-0.15, -0.1) is 0 Å². The van der Waals surface area contributed by atoms with Crippen molar-refractivity contribution in [3.63, 3.8) is 0 Å². The molecule has 0 spiro atoms. The van der Waals surface area contributed by atoms with Crippen LogP contribution in [0, 0.1) is 0 Å². The third-order valence-corrected chi connectivity index (χ3v) is 5.24. The maximum Gasteiger partial charge on any atom is 0.251 e. The molecule has 1 aliphatic rings. The second-order valence-electron chi connectivity index (χ2n) is 7.22. The smallest absolute Gasteiger partial charge is 0.251 e. The predicted octanol–water partition coefficient (Wildman–Crippen LogP) is 3.17. The van der Waals surface area contributed by atoms with Crippen LogP contribution in [0.5, 0.6) is 0 Å². The third-order valence-electron chi connectivity index (χ3n) is 5.24. The number of anilines is 1. The zero-order valence-corrected chi connectivity index (χ0v) is 16.8. The van der Waals surface area contributed by atoms with Crippen molar-refractivity contribution in [3.8, 4) is 0 Å². The van der Waals surface area contributed by atoms with Crippen LogP contribution >= 0.6 is 0 Å². The summed E-state index contributed by atoms with van der Waals surface area (Å²) in [5.74, 6) is -0.0101. The van der Waals surface area contributed by atoms with Gasteiger partial charge in [-0.3, -0.25) is 9.69 Å². The Morgan fingerprint density at radius 1 is 0.964 bits per heavy atom. The van der Waals surface area contributed by atoms with Crippen molar-refractivity contribution in [3.05, 3.63) is 65.7 Å². The number of hydrogen-bond acceptors (Lipinski definition) is 4. The fraction of sp³-hybridized carbons (Fsp3) is 0.435. The number of ether oxygens (including phenoxy) is 1. The molecule has 5 nitrogen and oxygen atoms in total. The van der Waals surface area contributed by atoms with Gasteiger partial charge >= 0.3 is 0 Å². The Labute approximate surface area is 168 Å². The molecule has 0 aromatic heterocycles. The van der Waals surface area contributed by atoms with E-state index in [0.717, 1.165) is 51.1 Å². The molecule has 1 heterocycles. The van der Waals surface area contributed by atoms with Gasteiger partial charge in [0.05, 0.1) is 6.61 Å². The van der Waals surface area contributed by atoms with Crippen LogP contribution in [-0.4, -0.2) is 57.2 Å². The summed E-state index contributed by atoms with van der Waals surface area (Å²) in [6.45, 7) is 6.63. The first-order chi connectivity index (χ1) is 13.8. The summed E-state index contributed by atoms with van der Waals surface area (Å²) >= 11 is 0. The number of para-hydroxylation sites is 1. The molecule has 0 radical (unpaired) electrons. The highest BCUT2D eigenvalue weighted by Crippen LogP contribution is 2.15. The average Bonchev–Trinajstić information content (AvgIpc) is 2.75. The van der Waals surface area contributed by atoms with Crippen LogP contribution in [0.2, 0.25) is 0 Å². The number of benzene rings is 2. The average molecular weight is 382 g/mol. The number of nitrogens with zero attached hydrogens (tertiary/aromatic N) is 2. The minimum atomic E-state index is -0.0101. The van der Waals surface area contributed by atoms with Crippen LogP contribution in [0.1, 0.15) is 28.8 Å². The van der Waals surface area contributed by atoms with Crippen molar-refractivity contribution in [1.29, 1.82) is 0 Å². The van der Waals surface area contributed by atoms with E-state index < -0.39 is 0 Å². The maximum absolute atomic E-state index is 12.4. The number of rotatable bonds is 9. The highest BCUT2D eigenvalue weighted by atomic mass is 16.5. The SMILES string of the molecule is COCc1ccccc1C(=O)NCCCCN1CCN(c2ccccc2)CC1. The Hall–Kier alpha value is -2.37. The third kappa shape index (κ3) is 5.81. The number of carbonyl (C=O) groups excluding carboxylic acids is 1. The molecule has 1 aliphatic heterocycles. The Morgan fingerprint density at radius 3 is 2.43 bits per heavy atom. The van der Waals surface area contributed by atoms with E-state index in [9.17, 15) is 4.79 Å². The number of unbranched alkanes of at least 4 members (excludes halogenated alkanes) is 1. The van der Waals surface area contributed by atoms with Crippen LogP contribution in [0.15, 0.2) is 54.6 Å². The molecule has 2 aromatic carbocycles. The molecule has 0 aliphatic carbocycles. The molecular formula is C23H31N3O2. The first-order valence-electron chi connectivity index (χ1n) is 10.2. The highest BCUT2D eigenvalue weighted by Gasteiger charge is 2.16. The van der Waals surface area contributed by atoms with Gasteiger partial charge in [-0.2, -0.15) is 0 Å². The quantitative estimate of drug-likeness (QED) is 0.678. The summed E-state index contributed by atoms with van der Waals surface area (Å²) in [5.41, 5.74) is 2.96. The lowest BCUT2D eigenvalue weighted by Gasteiger charge is -2.36. The second kappa shape index (κ2) is 10.8. The van der Waals surface area contributed by atoms with Gasteiger partial charge in [0, 0.05) is 51.1 Å². The molecule has 1 amide bonds. The first-order valence-corrected chi connectivity index (χ1v) is 10.2. The minimum Gasteiger partial charge on any atom is -0.380 e. The molecule has 28 heavy (non-hydrogen) atoms. The molecule has 5 heteroatoms. The number of piperazine rings is 1. The van der Waals surface area contributed by atoms with Gasteiger partial charge in [-0.05, 0) is 43.1 Å². The van der Waals surface area contributed by atoms with Crippen molar-refractivity contribution in [1.82, 2.24) is 10.2 Å². The van der Waals surface area contributed by atoms with E-state index in [1.807, 2.05) is 24.3 Å². The highest BCUT2D eigenvalue weighted by molar-refractivity contribution is 5.95. The molecule has 1 saturated heterocycles. The number of amides is 1. The van der Waals surface area contributed by atoms with Gasteiger partial charge in [0.1, 0.15) is 0 Å². The fourth-order valence-corrected chi connectivity index (χ4v) is 3.65. The number of nitrogens with one attached hydrogen (secondary N) is 1. The van der Waals surface area contributed by atoms with E-state index in [4.69, 9.17) is 4.74 Å². The van der Waals surface area contributed by atoms with Gasteiger partial charge in [-0.25, -0.2) is 0 Å². The minimum absolute atomic E-state index is 0.0101. The fourth-order valence-electron chi connectivity index (χ4n) is 3.65. The predicted molar refractivity (Wildman–Crippen MR) is 114 cm³/mol. The van der Waals surface area contributed by atoms with Crippen molar-refractivity contribution < 1.29 is 9.53 Å². The summed E-state index contributed by atoms with van der Waals surface area (Å²) in [6, 6.07) is 18.3. The van der Waals surface area contributed by atoms with E-state index in [0.29, 0.717) is 18.7 Å². The topological polar surface area (TPSA) is 44.8 Å². The Bertz CT molecular complexity index is 728. The van der Waals surface area contributed by atoms with E-state index in [-0.39, 0.29) is 5.91 Å². The summed E-state index contributed by atoms with van der Waals surface area (Å²) in [6.07, 6.45) is 2.10. The summed E-state index contributed by atoms with van der Waals surface area (Å²) in [5, 5.41) is 3.04. The van der Waals surface area contributed by atoms with E-state index in [1.165, 1.54) is 5.69 Å². The molecule has 150 valence electrons. The summed E-state index contributed by atoms with van der Waals surface area (Å²) in [4.78, 5) is 17.4. The standard InChI is InChI=1S/C23H31N3O2/c1-28-19-20-9-5-6-12-22(20)23(27)24-13-7-8-14-25-15-17-26(18-16-25)21-10-3-2-4-11-21/h2-6,9-12H,7-8,13-19H2,1H3,(H,24,27). The number of methoxy groups -OCH3 is 1. The van der Waals surface area contributed by atoms with Crippen LogP contribution in [0.3, 0.4) is 0 Å². The van der Waals surface area contributed by atoms with Gasteiger partial charge < -0.3 is 15.0 Å². The number of hydrogen-bond donors (Lipinski definition) is 1. The lowest BCUT2D eigenvalue weighted by molar-refractivity contribution is 0.0947. The normalized spacial score (nSPS) is 14.8. The Balaban J connectivity index is 1.32. The van der Waals surface area contributed by atoms with E-state index >= 15 is 0 Å². The summed E-state index contributed by atoms with van der Waals surface area (Å²) in [7, 11) is 1.65. The largest absolute Gasteiger partial charge is 0.380 e. The van der Waals surface area contributed by atoms with Gasteiger partial charge in [0.15, 0.2) is 0 Å². The van der Waals surface area contributed by atoms with Gasteiger partial charge in [-0.1, -0.05) is 36.4 Å². The van der Waals surface area contributed by atoms with Crippen LogP contribution in [0.4, 0.5) is 5.69 Å². The van der Waals surface area contributed by atoms with Gasteiger partial charge in [0.2, 0.25) is 0 Å². The zero-order chi connectivity index (χ0) is 19.6. The lowest BCUT2D eigenvalue weighted by atomic mass is 10.1. The Morgan fingerprint density at radius 2 is 1.68 bits per heavy atom. The molecule has 0 saturated carbocycles. The monoisotopic (exact) mass is 381 g/mol. The van der Waals surface area contributed by atoms with Crippen LogP contribution in [0.25, 0.3) is 0 Å². The first kappa shape index (κ1) is 20.4. The van der Waals surface area contributed by atoms with E-state index in [2.05, 4.69) is 45.4 Å². The molecule has 1 fully saturated rings. The number of carbonyl (C=O) groups is 1. The molecule has 1 N–H and O–H groups in total. The van der Waals surface area contributed by atoms with E-state index in [1.54, 1.807) is 7.11 Å². The molecule has 3 rings (SSSR count). The molecule has 0 atom stereocenters. The zero-order valence-electron chi connectivity index (χ0n) is 16.8. The lowest BCUT2D eigenvalue weighted by Crippen LogP contribution is -2.46. The van der Waals surface area contributed by atoms with Crippen LogP contribution in [-0.2, 0) is 11.3 Å². The van der Waals surface area contributed by atoms with Crippen molar-refractivity contribution in [2.24, 2.45) is 0 Å².